The van der Waals surface area contributed by atoms with Gasteiger partial charge < -0.3 is 10.8 Å². The fourth-order valence-corrected chi connectivity index (χ4v) is 5.15. The zero-order valence-electron chi connectivity index (χ0n) is 20.1. The van der Waals surface area contributed by atoms with Gasteiger partial charge in [-0.3, -0.25) is 4.98 Å². The molecule has 1 aliphatic carbocycles. The highest BCUT2D eigenvalue weighted by Crippen LogP contribution is 2.39. The van der Waals surface area contributed by atoms with Gasteiger partial charge in [0, 0.05) is 17.3 Å². The van der Waals surface area contributed by atoms with Crippen molar-refractivity contribution in [1.29, 1.82) is 0 Å². The molecule has 0 saturated heterocycles. The zero-order valence-corrected chi connectivity index (χ0v) is 20.1. The van der Waals surface area contributed by atoms with Crippen molar-refractivity contribution in [3.63, 3.8) is 0 Å². The number of pyridine rings is 3. The van der Waals surface area contributed by atoms with Gasteiger partial charge in [-0.05, 0) is 66.8 Å². The SMILES string of the molecule is NC1(c2ccc(-n3nc(-c4ccc(O)cn4)[n+]4ccc5ncc(-c6ccccc6)cc5c34)cc2)CCC1. The van der Waals surface area contributed by atoms with E-state index in [0.29, 0.717) is 11.5 Å². The maximum absolute atomic E-state index is 9.78. The smallest absolute Gasteiger partial charge is 0.332 e. The van der Waals surface area contributed by atoms with Gasteiger partial charge in [-0.1, -0.05) is 47.1 Å². The molecule has 37 heavy (non-hydrogen) atoms. The number of hydrogen-bond acceptors (Lipinski definition) is 5. The average Bonchev–Trinajstić information content (AvgIpc) is 3.33. The summed E-state index contributed by atoms with van der Waals surface area (Å²) >= 11 is 0. The molecule has 7 heteroatoms. The molecule has 0 aliphatic heterocycles. The third kappa shape index (κ3) is 3.55. The van der Waals surface area contributed by atoms with Gasteiger partial charge in [0.2, 0.25) is 0 Å². The second kappa shape index (κ2) is 8.21. The van der Waals surface area contributed by atoms with E-state index in [0.717, 1.165) is 51.8 Å². The maximum Gasteiger partial charge on any atom is 0.332 e. The number of fused-ring (bicyclic) bond motifs is 3. The van der Waals surface area contributed by atoms with Crippen LogP contribution in [0.1, 0.15) is 24.8 Å². The van der Waals surface area contributed by atoms with Crippen molar-refractivity contribution in [2.45, 2.75) is 24.8 Å². The largest absolute Gasteiger partial charge is 0.506 e. The molecule has 4 aromatic heterocycles. The number of aromatic nitrogens is 5. The topological polar surface area (TPSA) is 94.0 Å². The van der Waals surface area contributed by atoms with Gasteiger partial charge in [0.15, 0.2) is 0 Å². The number of hydrogen-bond donors (Lipinski definition) is 2. The third-order valence-electron chi connectivity index (χ3n) is 7.41. The predicted octanol–water partition coefficient (Wildman–Crippen LogP) is 4.93. The molecule has 0 spiro atoms. The number of benzene rings is 2. The molecule has 3 N–H and O–H groups in total. The Hall–Kier alpha value is -4.62. The highest BCUT2D eigenvalue weighted by molar-refractivity contribution is 5.93. The van der Waals surface area contributed by atoms with E-state index in [1.807, 2.05) is 45.7 Å². The van der Waals surface area contributed by atoms with Crippen LogP contribution in [0, 0.1) is 0 Å². The van der Waals surface area contributed by atoms with E-state index in [1.165, 1.54) is 12.6 Å². The molecule has 0 radical (unpaired) electrons. The van der Waals surface area contributed by atoms with Gasteiger partial charge in [-0.15, -0.1) is 0 Å². The predicted molar refractivity (Wildman–Crippen MR) is 142 cm³/mol. The third-order valence-corrected chi connectivity index (χ3v) is 7.41. The molecule has 7 rings (SSSR count). The van der Waals surface area contributed by atoms with Gasteiger partial charge in [0.05, 0.1) is 28.4 Å². The van der Waals surface area contributed by atoms with E-state index in [2.05, 4.69) is 47.4 Å². The Morgan fingerprint density at radius 1 is 0.865 bits per heavy atom. The maximum atomic E-state index is 9.78. The number of aromatic hydroxyl groups is 1. The van der Waals surface area contributed by atoms with Crippen LogP contribution in [0.15, 0.2) is 97.5 Å². The minimum atomic E-state index is -0.220. The molecule has 0 bridgehead atoms. The fourth-order valence-electron chi connectivity index (χ4n) is 5.15. The first-order valence-corrected chi connectivity index (χ1v) is 12.4. The molecule has 1 saturated carbocycles. The minimum absolute atomic E-state index is 0.113. The Morgan fingerprint density at radius 2 is 1.68 bits per heavy atom. The average molecular weight is 486 g/mol. The van der Waals surface area contributed by atoms with Crippen molar-refractivity contribution in [2.75, 3.05) is 0 Å². The normalized spacial score (nSPS) is 14.6. The summed E-state index contributed by atoms with van der Waals surface area (Å²) in [6, 6.07) is 26.2. The van der Waals surface area contributed by atoms with Crippen molar-refractivity contribution in [3.8, 4) is 34.1 Å². The van der Waals surface area contributed by atoms with Crippen molar-refractivity contribution in [2.24, 2.45) is 5.73 Å². The molecule has 4 heterocycles. The molecular weight excluding hydrogens is 460 g/mol. The standard InChI is InChI=1S/C30H24N6O/c31-30(14-4-15-30)22-7-9-23(10-8-22)36-29-25-17-21(20-5-2-1-3-6-20)18-32-26(25)13-16-35(29)28(34-36)27-12-11-24(37)19-33-27/h1-3,5-13,16-19H,4,14-15,31H2/p+1. The number of nitrogens with two attached hydrogens (primary N) is 1. The van der Waals surface area contributed by atoms with E-state index in [1.54, 1.807) is 12.1 Å². The molecule has 1 fully saturated rings. The summed E-state index contributed by atoms with van der Waals surface area (Å²) in [6.07, 6.45) is 8.52. The van der Waals surface area contributed by atoms with E-state index < -0.39 is 0 Å². The van der Waals surface area contributed by atoms with Crippen LogP contribution in [-0.2, 0) is 5.54 Å². The summed E-state index contributed by atoms with van der Waals surface area (Å²) in [5, 5.41) is 15.8. The van der Waals surface area contributed by atoms with E-state index in [-0.39, 0.29) is 11.3 Å². The van der Waals surface area contributed by atoms with Gasteiger partial charge in [-0.25, -0.2) is 4.98 Å². The summed E-state index contributed by atoms with van der Waals surface area (Å²) in [5.41, 5.74) is 13.0. The summed E-state index contributed by atoms with van der Waals surface area (Å²) in [4.78, 5) is 9.22. The molecule has 2 aromatic carbocycles. The van der Waals surface area contributed by atoms with Crippen LogP contribution >= 0.6 is 0 Å². The van der Waals surface area contributed by atoms with Crippen LogP contribution in [0.5, 0.6) is 5.75 Å². The van der Waals surface area contributed by atoms with Crippen molar-refractivity contribution in [1.82, 2.24) is 19.7 Å². The quantitative estimate of drug-likeness (QED) is 0.345. The van der Waals surface area contributed by atoms with Crippen LogP contribution in [-0.4, -0.2) is 24.9 Å². The van der Waals surface area contributed by atoms with Gasteiger partial charge in [0.1, 0.15) is 17.1 Å². The highest BCUT2D eigenvalue weighted by Gasteiger charge is 2.34. The lowest BCUT2D eigenvalue weighted by Gasteiger charge is -2.38. The van der Waals surface area contributed by atoms with Crippen molar-refractivity contribution in [3.05, 3.63) is 103 Å². The van der Waals surface area contributed by atoms with Gasteiger partial charge in [0.25, 0.3) is 5.65 Å². The minimum Gasteiger partial charge on any atom is -0.506 e. The lowest BCUT2D eigenvalue weighted by atomic mass is 9.73. The van der Waals surface area contributed by atoms with Gasteiger partial charge >= 0.3 is 5.82 Å². The molecular formula is C30H25N6O+. The first-order valence-electron chi connectivity index (χ1n) is 12.4. The molecule has 180 valence electrons. The van der Waals surface area contributed by atoms with Crippen LogP contribution < -0.4 is 10.1 Å². The lowest BCUT2D eigenvalue weighted by Crippen LogP contribution is -2.43. The Balaban J connectivity index is 1.48. The summed E-state index contributed by atoms with van der Waals surface area (Å²) in [6.45, 7) is 0. The van der Waals surface area contributed by atoms with Crippen LogP contribution in [0.3, 0.4) is 0 Å². The van der Waals surface area contributed by atoms with Crippen LogP contribution in [0.2, 0.25) is 0 Å². The molecule has 0 atom stereocenters. The van der Waals surface area contributed by atoms with Crippen LogP contribution in [0.4, 0.5) is 0 Å². The highest BCUT2D eigenvalue weighted by atomic mass is 16.3. The van der Waals surface area contributed by atoms with Crippen molar-refractivity contribution < 1.29 is 9.51 Å². The summed E-state index contributed by atoms with van der Waals surface area (Å²) in [7, 11) is 0. The molecule has 7 nitrogen and oxygen atoms in total. The lowest BCUT2D eigenvalue weighted by molar-refractivity contribution is -0.498. The number of nitrogens with zero attached hydrogens (tertiary/aromatic N) is 5. The molecule has 0 amide bonds. The second-order valence-corrected chi connectivity index (χ2v) is 9.73. The Bertz CT molecular complexity index is 1750. The molecule has 6 aromatic rings. The summed E-state index contributed by atoms with van der Waals surface area (Å²) < 4.78 is 3.97. The summed E-state index contributed by atoms with van der Waals surface area (Å²) in [5.74, 6) is 0.780. The van der Waals surface area contributed by atoms with E-state index in [9.17, 15) is 5.11 Å². The monoisotopic (exact) mass is 485 g/mol. The van der Waals surface area contributed by atoms with E-state index in [4.69, 9.17) is 15.8 Å². The first kappa shape index (κ1) is 21.6. The van der Waals surface area contributed by atoms with Gasteiger partial charge in [-0.2, -0.15) is 4.40 Å². The van der Waals surface area contributed by atoms with E-state index >= 15 is 0 Å². The number of rotatable bonds is 4. The Labute approximate surface area is 213 Å². The Morgan fingerprint density at radius 3 is 2.38 bits per heavy atom. The van der Waals surface area contributed by atoms with Crippen LogP contribution in [0.25, 0.3) is 44.9 Å². The second-order valence-electron chi connectivity index (χ2n) is 9.73. The fraction of sp³-hybridized carbons (Fsp3) is 0.133. The Kier molecular flexibility index (Phi) is 4.81. The molecule has 1 aliphatic rings. The zero-order chi connectivity index (χ0) is 25.0. The molecule has 0 unspecified atom stereocenters. The first-order chi connectivity index (χ1) is 18.1. The van der Waals surface area contributed by atoms with Crippen molar-refractivity contribution >= 4 is 16.6 Å².